The van der Waals surface area contributed by atoms with Crippen molar-refractivity contribution in [2.24, 2.45) is 0 Å². The standard InChI is InChI=1S/C17H26N2O4S/c1-18(15-10-6-7-11-16(15)20)17(21)13-19(24(2,22)23)12-14-8-4-3-5-9-14/h3-5,8-9,15-16,20H,6-7,10-13H2,1-2H3/t15-,16-/m1/s1. The first-order valence-electron chi connectivity index (χ1n) is 8.22. The molecule has 0 unspecified atom stereocenters. The van der Waals surface area contributed by atoms with E-state index in [1.54, 1.807) is 7.05 Å². The van der Waals surface area contributed by atoms with Gasteiger partial charge in [-0.25, -0.2) is 8.42 Å². The van der Waals surface area contributed by atoms with Crippen LogP contribution in [0.25, 0.3) is 0 Å². The largest absolute Gasteiger partial charge is 0.391 e. The van der Waals surface area contributed by atoms with Gasteiger partial charge in [0, 0.05) is 13.6 Å². The highest BCUT2D eigenvalue weighted by molar-refractivity contribution is 7.88. The first kappa shape index (κ1) is 18.9. The number of hydrogen-bond acceptors (Lipinski definition) is 4. The molecule has 0 aliphatic heterocycles. The first-order valence-corrected chi connectivity index (χ1v) is 10.1. The van der Waals surface area contributed by atoms with Crippen LogP contribution in [0.2, 0.25) is 0 Å². The number of hydrogen-bond donors (Lipinski definition) is 1. The molecule has 1 aliphatic rings. The second kappa shape index (κ2) is 8.09. The SMILES string of the molecule is CN(C(=O)CN(Cc1ccccc1)S(C)(=O)=O)[C@@H]1CCCC[C@H]1O. The summed E-state index contributed by atoms with van der Waals surface area (Å²) >= 11 is 0. The number of carbonyl (C=O) groups is 1. The van der Waals surface area contributed by atoms with Gasteiger partial charge >= 0.3 is 0 Å². The quantitative estimate of drug-likeness (QED) is 0.833. The maximum absolute atomic E-state index is 12.5. The van der Waals surface area contributed by atoms with Crippen molar-refractivity contribution in [2.45, 2.75) is 44.4 Å². The Morgan fingerprint density at radius 1 is 1.21 bits per heavy atom. The smallest absolute Gasteiger partial charge is 0.237 e. The Bertz CT molecular complexity index is 648. The topological polar surface area (TPSA) is 77.9 Å². The van der Waals surface area contributed by atoms with E-state index in [0.29, 0.717) is 6.42 Å². The second-order valence-electron chi connectivity index (χ2n) is 6.44. The highest BCUT2D eigenvalue weighted by Crippen LogP contribution is 2.22. The third-order valence-electron chi connectivity index (χ3n) is 4.57. The minimum Gasteiger partial charge on any atom is -0.391 e. The van der Waals surface area contributed by atoms with Crippen molar-refractivity contribution in [3.8, 4) is 0 Å². The molecule has 2 rings (SSSR count). The fraction of sp³-hybridized carbons (Fsp3) is 0.588. The number of rotatable bonds is 6. The lowest BCUT2D eigenvalue weighted by Crippen LogP contribution is -2.50. The van der Waals surface area contributed by atoms with Crippen LogP contribution in [-0.4, -0.2) is 60.6 Å². The Balaban J connectivity index is 2.07. The van der Waals surface area contributed by atoms with Gasteiger partial charge in [-0.2, -0.15) is 4.31 Å². The van der Waals surface area contributed by atoms with Crippen molar-refractivity contribution < 1.29 is 18.3 Å². The van der Waals surface area contributed by atoms with E-state index < -0.39 is 16.1 Å². The van der Waals surface area contributed by atoms with Crippen molar-refractivity contribution in [3.63, 3.8) is 0 Å². The normalized spacial score (nSPS) is 21.7. The van der Waals surface area contributed by atoms with Gasteiger partial charge in [-0.1, -0.05) is 43.2 Å². The van der Waals surface area contributed by atoms with Crippen LogP contribution in [0.4, 0.5) is 0 Å². The minimum absolute atomic E-state index is 0.159. The molecule has 134 valence electrons. The molecule has 1 fully saturated rings. The van der Waals surface area contributed by atoms with E-state index in [2.05, 4.69) is 0 Å². The number of aliphatic hydroxyl groups excluding tert-OH is 1. The van der Waals surface area contributed by atoms with Gasteiger partial charge in [0.15, 0.2) is 0 Å². The van der Waals surface area contributed by atoms with Crippen molar-refractivity contribution in [2.75, 3.05) is 19.8 Å². The summed E-state index contributed by atoms with van der Waals surface area (Å²) in [5.41, 5.74) is 0.830. The summed E-state index contributed by atoms with van der Waals surface area (Å²) in [5.74, 6) is -0.290. The molecule has 0 aromatic heterocycles. The van der Waals surface area contributed by atoms with Gasteiger partial charge in [0.1, 0.15) is 0 Å². The number of carbonyl (C=O) groups excluding carboxylic acids is 1. The molecular formula is C17H26N2O4S. The number of aliphatic hydroxyl groups is 1. The number of benzene rings is 1. The molecule has 7 heteroatoms. The molecule has 2 atom stereocenters. The average Bonchev–Trinajstić information content (AvgIpc) is 2.54. The Morgan fingerprint density at radius 3 is 2.42 bits per heavy atom. The number of nitrogens with zero attached hydrogens (tertiary/aromatic N) is 2. The molecular weight excluding hydrogens is 328 g/mol. The summed E-state index contributed by atoms with van der Waals surface area (Å²) < 4.78 is 25.3. The van der Waals surface area contributed by atoms with Gasteiger partial charge in [-0.05, 0) is 18.4 Å². The molecule has 24 heavy (non-hydrogen) atoms. The second-order valence-corrected chi connectivity index (χ2v) is 8.42. The first-order chi connectivity index (χ1) is 11.3. The lowest BCUT2D eigenvalue weighted by Gasteiger charge is -2.36. The van der Waals surface area contributed by atoms with Crippen molar-refractivity contribution in [3.05, 3.63) is 35.9 Å². The molecule has 1 aromatic carbocycles. The van der Waals surface area contributed by atoms with Crippen LogP contribution in [0.15, 0.2) is 30.3 Å². The summed E-state index contributed by atoms with van der Waals surface area (Å²) in [6.07, 6.45) is 3.94. The van der Waals surface area contributed by atoms with Crippen molar-refractivity contribution in [1.82, 2.24) is 9.21 Å². The molecule has 1 N–H and O–H groups in total. The molecule has 1 saturated carbocycles. The maximum Gasteiger partial charge on any atom is 0.237 e. The summed E-state index contributed by atoms with van der Waals surface area (Å²) in [6, 6.07) is 8.96. The van der Waals surface area contributed by atoms with Gasteiger partial charge in [0.25, 0.3) is 0 Å². The molecule has 0 spiro atoms. The van der Waals surface area contributed by atoms with Gasteiger partial charge < -0.3 is 10.0 Å². The van der Waals surface area contributed by atoms with Gasteiger partial charge in [0.2, 0.25) is 15.9 Å². The molecule has 1 aromatic rings. The van der Waals surface area contributed by atoms with Crippen molar-refractivity contribution >= 4 is 15.9 Å². The zero-order chi connectivity index (χ0) is 17.7. The van der Waals surface area contributed by atoms with E-state index in [1.165, 1.54) is 9.21 Å². The number of amides is 1. The Kier molecular flexibility index (Phi) is 6.37. The molecule has 0 bridgehead atoms. The van der Waals surface area contributed by atoms with Crippen LogP contribution in [0.3, 0.4) is 0 Å². The molecule has 6 nitrogen and oxygen atoms in total. The molecule has 1 amide bonds. The van der Waals surface area contributed by atoms with Crippen LogP contribution < -0.4 is 0 Å². The average molecular weight is 354 g/mol. The van der Waals surface area contributed by atoms with E-state index in [4.69, 9.17) is 0 Å². The third kappa shape index (κ3) is 5.03. The predicted octanol–water partition coefficient (Wildman–Crippen LogP) is 1.21. The Morgan fingerprint density at radius 2 is 1.83 bits per heavy atom. The fourth-order valence-corrected chi connectivity index (χ4v) is 3.80. The van der Waals surface area contributed by atoms with Crippen LogP contribution in [0.1, 0.15) is 31.2 Å². The van der Waals surface area contributed by atoms with E-state index in [9.17, 15) is 18.3 Å². The monoisotopic (exact) mass is 354 g/mol. The minimum atomic E-state index is -3.51. The summed E-state index contributed by atoms with van der Waals surface area (Å²) in [7, 11) is -1.87. The lowest BCUT2D eigenvalue weighted by molar-refractivity contribution is -0.135. The van der Waals surface area contributed by atoms with Gasteiger partial charge in [-0.15, -0.1) is 0 Å². The summed E-state index contributed by atoms with van der Waals surface area (Å²) in [4.78, 5) is 14.1. The van der Waals surface area contributed by atoms with Crippen LogP contribution in [0, 0.1) is 0 Å². The zero-order valence-electron chi connectivity index (χ0n) is 14.3. The molecule has 0 saturated heterocycles. The van der Waals surface area contributed by atoms with E-state index in [-0.39, 0.29) is 25.0 Å². The Labute approximate surface area is 144 Å². The summed E-state index contributed by atoms with van der Waals surface area (Å²) in [6.45, 7) is -0.0556. The lowest BCUT2D eigenvalue weighted by atomic mass is 9.91. The molecule has 1 aliphatic carbocycles. The number of sulfonamides is 1. The van der Waals surface area contributed by atoms with Crippen LogP contribution >= 0.6 is 0 Å². The van der Waals surface area contributed by atoms with Crippen LogP contribution in [-0.2, 0) is 21.4 Å². The van der Waals surface area contributed by atoms with E-state index in [0.717, 1.165) is 31.1 Å². The molecule has 0 radical (unpaired) electrons. The van der Waals surface area contributed by atoms with Crippen LogP contribution in [0.5, 0.6) is 0 Å². The number of likely N-dealkylation sites (N-methyl/N-ethyl adjacent to an activating group) is 1. The van der Waals surface area contributed by atoms with Gasteiger partial charge in [-0.3, -0.25) is 4.79 Å². The van der Waals surface area contributed by atoms with E-state index in [1.807, 2.05) is 30.3 Å². The van der Waals surface area contributed by atoms with Gasteiger partial charge in [0.05, 0.1) is 24.9 Å². The van der Waals surface area contributed by atoms with E-state index >= 15 is 0 Å². The summed E-state index contributed by atoms with van der Waals surface area (Å²) in [5, 5.41) is 10.1. The third-order valence-corrected chi connectivity index (χ3v) is 5.76. The highest BCUT2D eigenvalue weighted by atomic mass is 32.2. The fourth-order valence-electron chi connectivity index (χ4n) is 3.07. The Hall–Kier alpha value is -1.44. The molecule has 0 heterocycles. The van der Waals surface area contributed by atoms with Crippen molar-refractivity contribution in [1.29, 1.82) is 0 Å². The predicted molar refractivity (Wildman–Crippen MR) is 92.7 cm³/mol. The zero-order valence-corrected chi connectivity index (χ0v) is 15.1. The maximum atomic E-state index is 12.5. The highest BCUT2D eigenvalue weighted by Gasteiger charge is 2.31.